The van der Waals surface area contributed by atoms with Crippen molar-refractivity contribution in [3.63, 3.8) is 0 Å². The summed E-state index contributed by atoms with van der Waals surface area (Å²) in [6.07, 6.45) is 1.73. The Hall–Kier alpha value is -1.08. The molecule has 0 atom stereocenters. The van der Waals surface area contributed by atoms with Gasteiger partial charge in [-0.2, -0.15) is 0 Å². The van der Waals surface area contributed by atoms with E-state index in [-0.39, 0.29) is 0 Å². The Balaban J connectivity index is 2.96. The molecule has 12 heavy (non-hydrogen) atoms. The predicted octanol–water partition coefficient (Wildman–Crippen LogP) is 3.20. The summed E-state index contributed by atoms with van der Waals surface area (Å²) in [6, 6.07) is 7.81. The zero-order chi connectivity index (χ0) is 8.55. The second-order valence-corrected chi connectivity index (χ2v) is 3.17. The molecule has 0 amide bonds. The molecule has 0 aliphatic heterocycles. The number of halogens is 1. The van der Waals surface area contributed by atoms with Gasteiger partial charge in [-0.1, -0.05) is 23.7 Å². The first-order valence-corrected chi connectivity index (χ1v) is 4.16. The number of benzene rings is 1. The lowest BCUT2D eigenvalue weighted by molar-refractivity contribution is 1.39. The van der Waals surface area contributed by atoms with Crippen molar-refractivity contribution in [2.24, 2.45) is 0 Å². The minimum atomic E-state index is 0.776. The first kappa shape index (κ1) is 7.56. The number of fused-ring (bicyclic) bond motifs is 1. The normalized spacial score (nSPS) is 10.5. The number of aryl methyl sites for hydroxylation is 1. The number of hydrogen-bond donors (Lipinski definition) is 0. The molecular weight excluding hydrogens is 170 g/mol. The SMILES string of the molecule is Cc1cccc2nccc(Cl)c12. The van der Waals surface area contributed by atoms with E-state index in [2.05, 4.69) is 4.98 Å². The van der Waals surface area contributed by atoms with Gasteiger partial charge in [-0.15, -0.1) is 0 Å². The van der Waals surface area contributed by atoms with Crippen molar-refractivity contribution in [1.29, 1.82) is 0 Å². The van der Waals surface area contributed by atoms with E-state index in [1.54, 1.807) is 6.20 Å². The van der Waals surface area contributed by atoms with Gasteiger partial charge in [0.1, 0.15) is 0 Å². The zero-order valence-electron chi connectivity index (χ0n) is 6.71. The zero-order valence-corrected chi connectivity index (χ0v) is 7.47. The van der Waals surface area contributed by atoms with Crippen molar-refractivity contribution in [3.05, 3.63) is 41.0 Å². The molecular formula is C10H8ClN. The fourth-order valence-corrected chi connectivity index (χ4v) is 1.64. The number of hydrogen-bond acceptors (Lipinski definition) is 1. The largest absolute Gasteiger partial charge is 0.256 e. The lowest BCUT2D eigenvalue weighted by Crippen LogP contribution is -1.81. The van der Waals surface area contributed by atoms with Crippen LogP contribution in [0.1, 0.15) is 5.56 Å². The molecule has 0 N–H and O–H groups in total. The van der Waals surface area contributed by atoms with Gasteiger partial charge in [0.25, 0.3) is 0 Å². The molecule has 0 bridgehead atoms. The Morgan fingerprint density at radius 1 is 1.25 bits per heavy atom. The Bertz CT molecular complexity index is 386. The van der Waals surface area contributed by atoms with Crippen LogP contribution in [0.4, 0.5) is 0 Å². The average Bonchev–Trinajstić information content (AvgIpc) is 2.04. The third-order valence-corrected chi connectivity index (χ3v) is 2.24. The summed E-state index contributed by atoms with van der Waals surface area (Å²) in [7, 11) is 0. The van der Waals surface area contributed by atoms with E-state index in [1.165, 1.54) is 5.56 Å². The molecule has 60 valence electrons. The summed E-state index contributed by atoms with van der Waals surface area (Å²) in [6.45, 7) is 2.04. The van der Waals surface area contributed by atoms with Crippen molar-refractivity contribution >= 4 is 22.5 Å². The highest BCUT2D eigenvalue weighted by atomic mass is 35.5. The van der Waals surface area contributed by atoms with Crippen LogP contribution in [0.2, 0.25) is 5.02 Å². The van der Waals surface area contributed by atoms with Crippen LogP contribution in [0.25, 0.3) is 10.9 Å². The predicted molar refractivity (Wildman–Crippen MR) is 51.5 cm³/mol. The number of rotatable bonds is 0. The second kappa shape index (κ2) is 2.76. The van der Waals surface area contributed by atoms with Crippen LogP contribution < -0.4 is 0 Å². The van der Waals surface area contributed by atoms with Crippen molar-refractivity contribution in [2.75, 3.05) is 0 Å². The van der Waals surface area contributed by atoms with Crippen molar-refractivity contribution < 1.29 is 0 Å². The quantitative estimate of drug-likeness (QED) is 0.602. The molecule has 1 aromatic carbocycles. The first-order valence-electron chi connectivity index (χ1n) is 3.79. The van der Waals surface area contributed by atoms with E-state index >= 15 is 0 Å². The average molecular weight is 178 g/mol. The van der Waals surface area contributed by atoms with Crippen LogP contribution in [0.3, 0.4) is 0 Å². The molecule has 0 aliphatic rings. The summed E-state index contributed by atoms with van der Waals surface area (Å²) < 4.78 is 0. The fourth-order valence-electron chi connectivity index (χ4n) is 1.34. The second-order valence-electron chi connectivity index (χ2n) is 2.76. The Morgan fingerprint density at radius 2 is 2.08 bits per heavy atom. The Kier molecular flexibility index (Phi) is 1.74. The summed E-state index contributed by atoms with van der Waals surface area (Å²) in [5, 5.41) is 1.83. The van der Waals surface area contributed by atoms with Crippen molar-refractivity contribution in [1.82, 2.24) is 4.98 Å². The molecule has 0 unspecified atom stereocenters. The molecule has 2 heteroatoms. The lowest BCUT2D eigenvalue weighted by Gasteiger charge is -2.01. The molecule has 0 radical (unpaired) electrons. The number of nitrogens with zero attached hydrogens (tertiary/aromatic N) is 1. The molecule has 0 aliphatic carbocycles. The summed E-state index contributed by atoms with van der Waals surface area (Å²) in [5.41, 5.74) is 2.13. The first-order chi connectivity index (χ1) is 5.79. The highest BCUT2D eigenvalue weighted by Crippen LogP contribution is 2.24. The monoisotopic (exact) mass is 177 g/mol. The van der Waals surface area contributed by atoms with E-state index in [9.17, 15) is 0 Å². The summed E-state index contributed by atoms with van der Waals surface area (Å²) in [4.78, 5) is 4.22. The van der Waals surface area contributed by atoms with Gasteiger partial charge in [-0.25, -0.2) is 0 Å². The Morgan fingerprint density at radius 3 is 2.83 bits per heavy atom. The third kappa shape index (κ3) is 1.07. The smallest absolute Gasteiger partial charge is 0.0719 e. The standard InChI is InChI=1S/C10H8ClN/c1-7-3-2-4-9-10(7)8(11)5-6-12-9/h2-6H,1H3. The molecule has 0 saturated carbocycles. The van der Waals surface area contributed by atoms with Gasteiger partial charge in [0.2, 0.25) is 0 Å². The molecule has 2 rings (SSSR count). The number of aromatic nitrogens is 1. The van der Waals surface area contributed by atoms with Gasteiger partial charge >= 0.3 is 0 Å². The molecule has 0 saturated heterocycles. The van der Waals surface area contributed by atoms with E-state index in [4.69, 9.17) is 11.6 Å². The maximum atomic E-state index is 6.02. The maximum Gasteiger partial charge on any atom is 0.0719 e. The van der Waals surface area contributed by atoms with Crippen LogP contribution in [0, 0.1) is 6.92 Å². The van der Waals surface area contributed by atoms with E-state index in [0.29, 0.717) is 0 Å². The van der Waals surface area contributed by atoms with Crippen LogP contribution >= 0.6 is 11.6 Å². The molecule has 0 spiro atoms. The molecule has 1 heterocycles. The lowest BCUT2D eigenvalue weighted by atomic mass is 10.1. The Labute approximate surface area is 76.0 Å². The molecule has 1 aromatic heterocycles. The van der Waals surface area contributed by atoms with Crippen molar-refractivity contribution in [3.8, 4) is 0 Å². The van der Waals surface area contributed by atoms with Gasteiger partial charge in [0, 0.05) is 11.6 Å². The highest BCUT2D eigenvalue weighted by molar-refractivity contribution is 6.35. The third-order valence-electron chi connectivity index (χ3n) is 1.92. The molecule has 2 aromatic rings. The number of pyridine rings is 1. The summed E-state index contributed by atoms with van der Waals surface area (Å²) in [5.74, 6) is 0. The molecule has 1 nitrogen and oxygen atoms in total. The van der Waals surface area contributed by atoms with Crippen LogP contribution in [-0.4, -0.2) is 4.98 Å². The van der Waals surface area contributed by atoms with Crippen molar-refractivity contribution in [2.45, 2.75) is 6.92 Å². The van der Waals surface area contributed by atoms with Gasteiger partial charge in [0.15, 0.2) is 0 Å². The van der Waals surface area contributed by atoms with Crippen LogP contribution in [0.15, 0.2) is 30.5 Å². The highest BCUT2D eigenvalue weighted by Gasteiger charge is 2.00. The molecule has 0 fully saturated rings. The summed E-state index contributed by atoms with van der Waals surface area (Å²) >= 11 is 6.02. The van der Waals surface area contributed by atoms with Gasteiger partial charge in [-0.05, 0) is 24.6 Å². The maximum absolute atomic E-state index is 6.02. The topological polar surface area (TPSA) is 12.9 Å². The minimum absolute atomic E-state index is 0.776. The van der Waals surface area contributed by atoms with E-state index in [1.807, 2.05) is 31.2 Å². The van der Waals surface area contributed by atoms with Gasteiger partial charge < -0.3 is 0 Å². The minimum Gasteiger partial charge on any atom is -0.256 e. The van der Waals surface area contributed by atoms with Gasteiger partial charge in [0.05, 0.1) is 10.5 Å². The van der Waals surface area contributed by atoms with E-state index in [0.717, 1.165) is 15.9 Å². The van der Waals surface area contributed by atoms with Gasteiger partial charge in [-0.3, -0.25) is 4.98 Å². The fraction of sp³-hybridized carbons (Fsp3) is 0.100. The van der Waals surface area contributed by atoms with Crippen LogP contribution in [0.5, 0.6) is 0 Å². The van der Waals surface area contributed by atoms with Crippen LogP contribution in [-0.2, 0) is 0 Å². The van der Waals surface area contributed by atoms with E-state index < -0.39 is 0 Å².